The Morgan fingerprint density at radius 2 is 1.62 bits per heavy atom. The highest BCUT2D eigenvalue weighted by Crippen LogP contribution is 2.44. The van der Waals surface area contributed by atoms with Gasteiger partial charge in [0.1, 0.15) is 10.8 Å². The second-order valence-electron chi connectivity index (χ2n) is 9.09. The van der Waals surface area contributed by atoms with Crippen LogP contribution in [0.2, 0.25) is 0 Å². The summed E-state index contributed by atoms with van der Waals surface area (Å²) in [5.74, 6) is -0.910. The number of hydrogen-bond donors (Lipinski definition) is 1. The minimum Gasteiger partial charge on any atom is -0.503 e. The quantitative estimate of drug-likeness (QED) is 0.299. The number of carbonyl (C=O) groups excluding carboxylic acids is 2. The second kappa shape index (κ2) is 9.67. The summed E-state index contributed by atoms with van der Waals surface area (Å²) in [4.78, 5) is 34.1. The van der Waals surface area contributed by atoms with E-state index in [1.54, 1.807) is 26.2 Å². The number of carbonyl (C=O) groups is 2. The molecule has 1 amide bonds. The van der Waals surface area contributed by atoms with Crippen molar-refractivity contribution in [2.75, 3.05) is 12.0 Å². The molecule has 1 atom stereocenters. The van der Waals surface area contributed by atoms with Gasteiger partial charge in [0.15, 0.2) is 5.76 Å². The van der Waals surface area contributed by atoms with E-state index in [0.29, 0.717) is 32.6 Å². The number of ketones is 1. The Hall–Kier alpha value is -4.23. The maximum atomic E-state index is 14.0. The number of benzene rings is 3. The summed E-state index contributed by atoms with van der Waals surface area (Å²) >= 11 is 1.26. The van der Waals surface area contributed by atoms with Crippen LogP contribution >= 0.6 is 11.3 Å². The Morgan fingerprint density at radius 1 is 0.973 bits per heavy atom. The van der Waals surface area contributed by atoms with Crippen molar-refractivity contribution < 1.29 is 19.4 Å². The maximum Gasteiger partial charge on any atom is 0.294 e. The second-order valence-corrected chi connectivity index (χ2v) is 10.1. The number of aliphatic hydroxyl groups is 1. The van der Waals surface area contributed by atoms with E-state index in [-0.39, 0.29) is 5.57 Å². The van der Waals surface area contributed by atoms with Gasteiger partial charge in [-0.1, -0.05) is 48.5 Å². The molecule has 0 bridgehead atoms. The van der Waals surface area contributed by atoms with Crippen molar-refractivity contribution in [1.29, 1.82) is 0 Å². The summed E-state index contributed by atoms with van der Waals surface area (Å²) in [6.07, 6.45) is 0. The van der Waals surface area contributed by atoms with E-state index < -0.39 is 23.5 Å². The Labute approximate surface area is 219 Å². The molecule has 0 saturated heterocycles. The highest BCUT2D eigenvalue weighted by molar-refractivity contribution is 7.17. The first-order chi connectivity index (χ1) is 17.8. The average molecular weight is 511 g/mol. The number of nitrogens with zero attached hydrogens (tertiary/aromatic N) is 2. The third-order valence-corrected chi connectivity index (χ3v) is 7.60. The van der Waals surface area contributed by atoms with Gasteiger partial charge in [-0.3, -0.25) is 14.5 Å². The third kappa shape index (κ3) is 4.42. The van der Waals surface area contributed by atoms with Crippen LogP contribution in [0.4, 0.5) is 5.69 Å². The van der Waals surface area contributed by atoms with Gasteiger partial charge in [0.2, 0.25) is 5.78 Å². The Kier molecular flexibility index (Phi) is 6.39. The summed E-state index contributed by atoms with van der Waals surface area (Å²) in [5.41, 5.74) is 4.75. The van der Waals surface area contributed by atoms with Gasteiger partial charge < -0.3 is 9.84 Å². The van der Waals surface area contributed by atoms with Gasteiger partial charge in [-0.05, 0) is 61.7 Å². The lowest BCUT2D eigenvalue weighted by Gasteiger charge is -2.27. The standard InChI is InChI=1S/C30H26N2O4S/c1-17-14-18(2)16-22(15-17)32-25(20-10-12-23(36-4)13-11-20)24(27(34)30(32)35)26(33)28-19(3)31-29(37-28)21-8-6-5-7-9-21/h5-16,25,34H,1-4H3. The zero-order chi connectivity index (χ0) is 26.3. The molecule has 37 heavy (non-hydrogen) atoms. The van der Waals surface area contributed by atoms with Crippen LogP contribution in [0.1, 0.15) is 38.1 Å². The number of aryl methyl sites for hydroxylation is 3. The van der Waals surface area contributed by atoms with Gasteiger partial charge in [0.05, 0.1) is 29.3 Å². The zero-order valence-corrected chi connectivity index (χ0v) is 21.8. The molecule has 7 heteroatoms. The lowest BCUT2D eigenvalue weighted by molar-refractivity contribution is -0.117. The van der Waals surface area contributed by atoms with Crippen LogP contribution in [-0.4, -0.2) is 28.9 Å². The number of Topliss-reactive ketones (excluding diaryl/α,β-unsaturated/α-hetero) is 1. The monoisotopic (exact) mass is 510 g/mol. The molecule has 3 aromatic carbocycles. The number of anilines is 1. The molecule has 6 nitrogen and oxygen atoms in total. The summed E-state index contributed by atoms with van der Waals surface area (Å²) in [7, 11) is 1.58. The van der Waals surface area contributed by atoms with Gasteiger partial charge in [-0.15, -0.1) is 11.3 Å². The predicted octanol–water partition coefficient (Wildman–Crippen LogP) is 6.53. The van der Waals surface area contributed by atoms with E-state index >= 15 is 0 Å². The topological polar surface area (TPSA) is 79.7 Å². The van der Waals surface area contributed by atoms with E-state index in [9.17, 15) is 14.7 Å². The van der Waals surface area contributed by atoms with Crippen LogP contribution in [-0.2, 0) is 4.79 Å². The SMILES string of the molecule is COc1ccc(C2C(C(=O)c3sc(-c4ccccc4)nc3C)=C(O)C(=O)N2c2cc(C)cc(C)c2)cc1. The van der Waals surface area contributed by atoms with Crippen LogP contribution in [0, 0.1) is 20.8 Å². The molecule has 0 saturated carbocycles. The number of aromatic nitrogens is 1. The van der Waals surface area contributed by atoms with Gasteiger partial charge in [0, 0.05) is 11.3 Å². The summed E-state index contributed by atoms with van der Waals surface area (Å²) in [6.45, 7) is 5.67. The van der Waals surface area contributed by atoms with Crippen LogP contribution in [0.25, 0.3) is 10.6 Å². The van der Waals surface area contributed by atoms with E-state index in [0.717, 1.165) is 16.7 Å². The Bertz CT molecular complexity index is 1520. The minimum atomic E-state index is -0.811. The number of ether oxygens (including phenoxy) is 1. The summed E-state index contributed by atoms with van der Waals surface area (Å²) in [5, 5.41) is 11.8. The van der Waals surface area contributed by atoms with Crippen molar-refractivity contribution >= 4 is 28.7 Å². The molecule has 0 fully saturated rings. The van der Waals surface area contributed by atoms with Gasteiger partial charge in [-0.25, -0.2) is 4.98 Å². The third-order valence-electron chi connectivity index (χ3n) is 6.39. The molecular weight excluding hydrogens is 484 g/mol. The maximum absolute atomic E-state index is 14.0. The fourth-order valence-electron chi connectivity index (χ4n) is 4.73. The highest BCUT2D eigenvalue weighted by Gasteiger charge is 2.45. The number of amides is 1. The molecule has 5 rings (SSSR count). The Balaban J connectivity index is 1.64. The Morgan fingerprint density at radius 3 is 2.24 bits per heavy atom. The van der Waals surface area contributed by atoms with Crippen molar-refractivity contribution in [3.8, 4) is 16.3 Å². The fraction of sp³-hybridized carbons (Fsp3) is 0.167. The zero-order valence-electron chi connectivity index (χ0n) is 21.0. The molecule has 0 spiro atoms. The van der Waals surface area contributed by atoms with Crippen LogP contribution in [0.5, 0.6) is 5.75 Å². The van der Waals surface area contributed by atoms with Crippen molar-refractivity contribution in [2.24, 2.45) is 0 Å². The number of aliphatic hydroxyl groups excluding tert-OH is 1. The molecule has 1 aliphatic heterocycles. The number of methoxy groups -OCH3 is 1. The number of thiazole rings is 1. The fourth-order valence-corrected chi connectivity index (χ4v) is 5.75. The van der Waals surface area contributed by atoms with E-state index in [2.05, 4.69) is 4.98 Å². The molecular formula is C30H26N2O4S. The molecule has 186 valence electrons. The van der Waals surface area contributed by atoms with Crippen LogP contribution < -0.4 is 9.64 Å². The first-order valence-electron chi connectivity index (χ1n) is 11.8. The largest absolute Gasteiger partial charge is 0.503 e. The average Bonchev–Trinajstić information content (AvgIpc) is 3.41. The molecule has 1 N–H and O–H groups in total. The molecule has 1 unspecified atom stereocenters. The molecule has 1 aromatic heterocycles. The molecule has 4 aromatic rings. The van der Waals surface area contributed by atoms with Gasteiger partial charge >= 0.3 is 0 Å². The van der Waals surface area contributed by atoms with Crippen molar-refractivity contribution in [2.45, 2.75) is 26.8 Å². The summed E-state index contributed by atoms with van der Waals surface area (Å²) < 4.78 is 5.31. The predicted molar refractivity (Wildman–Crippen MR) is 145 cm³/mol. The van der Waals surface area contributed by atoms with E-state index in [4.69, 9.17) is 4.74 Å². The molecule has 2 heterocycles. The highest BCUT2D eigenvalue weighted by atomic mass is 32.1. The van der Waals surface area contributed by atoms with Crippen molar-refractivity contribution in [3.05, 3.63) is 111 Å². The summed E-state index contributed by atoms with van der Waals surface area (Å²) in [6, 6.07) is 21.8. The van der Waals surface area contributed by atoms with Crippen molar-refractivity contribution in [3.63, 3.8) is 0 Å². The first kappa shape index (κ1) is 24.5. The van der Waals surface area contributed by atoms with Crippen LogP contribution in [0.3, 0.4) is 0 Å². The van der Waals surface area contributed by atoms with Crippen molar-refractivity contribution in [1.82, 2.24) is 4.98 Å². The normalized spacial score (nSPS) is 15.4. The minimum absolute atomic E-state index is 0.0423. The number of rotatable bonds is 6. The smallest absolute Gasteiger partial charge is 0.294 e. The van der Waals surface area contributed by atoms with Crippen LogP contribution in [0.15, 0.2) is 84.1 Å². The van der Waals surface area contributed by atoms with Gasteiger partial charge in [0.25, 0.3) is 5.91 Å². The molecule has 0 radical (unpaired) electrons. The van der Waals surface area contributed by atoms with E-state index in [1.807, 2.05) is 74.5 Å². The molecule has 0 aliphatic carbocycles. The van der Waals surface area contributed by atoms with E-state index in [1.165, 1.54) is 16.2 Å². The van der Waals surface area contributed by atoms with Gasteiger partial charge in [-0.2, -0.15) is 0 Å². The first-order valence-corrected chi connectivity index (χ1v) is 12.7. The number of hydrogen-bond acceptors (Lipinski definition) is 6. The molecule has 1 aliphatic rings. The lowest BCUT2D eigenvalue weighted by atomic mass is 9.94. The lowest BCUT2D eigenvalue weighted by Crippen LogP contribution is -2.31.